The normalized spacial score (nSPS) is 18.1. The lowest BCUT2D eigenvalue weighted by molar-refractivity contribution is 0.700. The van der Waals surface area contributed by atoms with Gasteiger partial charge in [-0.25, -0.2) is 9.97 Å². The molecule has 1 heterocycles. The highest BCUT2D eigenvalue weighted by Crippen LogP contribution is 2.22. The second kappa shape index (κ2) is 4.27. The molecule has 3 nitrogen and oxygen atoms in total. The van der Waals surface area contributed by atoms with Gasteiger partial charge in [-0.15, -0.1) is 0 Å². The summed E-state index contributed by atoms with van der Waals surface area (Å²) in [6, 6.07) is -0.0581. The van der Waals surface area contributed by atoms with Crippen LogP contribution in [0.3, 0.4) is 0 Å². The van der Waals surface area contributed by atoms with Gasteiger partial charge >= 0.3 is 0 Å². The van der Waals surface area contributed by atoms with Gasteiger partial charge in [-0.1, -0.05) is 6.42 Å². The van der Waals surface area contributed by atoms with Crippen LogP contribution in [0.4, 0.5) is 0 Å². The van der Waals surface area contributed by atoms with Crippen molar-refractivity contribution in [1.82, 2.24) is 9.97 Å². The molecule has 2 rings (SSSR count). The van der Waals surface area contributed by atoms with Crippen LogP contribution in [0.25, 0.3) is 0 Å². The molecule has 0 saturated carbocycles. The fraction of sp³-hybridized carbons (Fsp3) is 0.667. The molecule has 1 unspecified atom stereocenters. The van der Waals surface area contributed by atoms with Crippen molar-refractivity contribution in [3.63, 3.8) is 0 Å². The molecule has 0 saturated heterocycles. The molecule has 2 N–H and O–H groups in total. The Labute approximate surface area is 91.1 Å². The first kappa shape index (κ1) is 10.6. The zero-order chi connectivity index (χ0) is 10.8. The van der Waals surface area contributed by atoms with Crippen LogP contribution < -0.4 is 5.73 Å². The summed E-state index contributed by atoms with van der Waals surface area (Å²) in [6.45, 7) is 4.02. The molecule has 15 heavy (non-hydrogen) atoms. The molecule has 1 aliphatic carbocycles. The lowest BCUT2D eigenvalue weighted by atomic mass is 10.1. The smallest absolute Gasteiger partial charge is 0.145 e. The Morgan fingerprint density at radius 2 is 1.87 bits per heavy atom. The van der Waals surface area contributed by atoms with Gasteiger partial charge in [0.15, 0.2) is 0 Å². The first-order valence-electron chi connectivity index (χ1n) is 5.80. The average Bonchev–Trinajstić information content (AvgIpc) is 2.42. The topological polar surface area (TPSA) is 51.8 Å². The molecular formula is C12H19N3. The van der Waals surface area contributed by atoms with Crippen LogP contribution in [0.15, 0.2) is 0 Å². The summed E-state index contributed by atoms with van der Waals surface area (Å²) in [5.41, 5.74) is 9.58. The van der Waals surface area contributed by atoms with Gasteiger partial charge in [0, 0.05) is 11.4 Å². The molecule has 0 bridgehead atoms. The van der Waals surface area contributed by atoms with Gasteiger partial charge < -0.3 is 5.73 Å². The fourth-order valence-electron chi connectivity index (χ4n) is 2.19. The van der Waals surface area contributed by atoms with Crippen LogP contribution in [0.2, 0.25) is 0 Å². The Balaban J connectivity index is 2.44. The van der Waals surface area contributed by atoms with Gasteiger partial charge in [0.2, 0.25) is 0 Å². The molecule has 0 amide bonds. The van der Waals surface area contributed by atoms with E-state index in [2.05, 4.69) is 16.9 Å². The zero-order valence-electron chi connectivity index (χ0n) is 9.58. The third-order valence-corrected chi connectivity index (χ3v) is 3.06. The van der Waals surface area contributed by atoms with Gasteiger partial charge in [-0.05, 0) is 45.1 Å². The Morgan fingerprint density at radius 1 is 1.13 bits per heavy atom. The second-order valence-electron chi connectivity index (χ2n) is 4.44. The van der Waals surface area contributed by atoms with Crippen molar-refractivity contribution in [2.45, 2.75) is 52.0 Å². The van der Waals surface area contributed by atoms with Gasteiger partial charge in [-0.3, -0.25) is 0 Å². The van der Waals surface area contributed by atoms with E-state index in [4.69, 9.17) is 5.73 Å². The maximum Gasteiger partial charge on any atom is 0.145 e. The number of hydrogen-bond donors (Lipinski definition) is 1. The molecular weight excluding hydrogens is 186 g/mol. The first-order valence-corrected chi connectivity index (χ1v) is 5.80. The van der Waals surface area contributed by atoms with E-state index in [-0.39, 0.29) is 6.04 Å². The Bertz CT molecular complexity index is 358. The van der Waals surface area contributed by atoms with E-state index in [1.54, 1.807) is 0 Å². The summed E-state index contributed by atoms with van der Waals surface area (Å²) in [7, 11) is 0. The number of nitrogens with zero attached hydrogens (tertiary/aromatic N) is 2. The van der Waals surface area contributed by atoms with Crippen molar-refractivity contribution in [2.24, 2.45) is 5.73 Å². The molecule has 0 radical (unpaired) electrons. The van der Waals surface area contributed by atoms with Crippen LogP contribution in [0.5, 0.6) is 0 Å². The number of rotatable bonds is 1. The molecule has 1 aromatic heterocycles. The standard InChI is InChI=1S/C12H19N3/c1-8(13)12-14-9(2)10-6-4-3-5-7-11(10)15-12/h8H,3-7,13H2,1-2H3. The largest absolute Gasteiger partial charge is 0.322 e. The van der Waals surface area contributed by atoms with Crippen molar-refractivity contribution >= 4 is 0 Å². The van der Waals surface area contributed by atoms with E-state index >= 15 is 0 Å². The molecule has 1 atom stereocenters. The molecule has 3 heteroatoms. The van der Waals surface area contributed by atoms with E-state index in [1.165, 1.54) is 30.5 Å². The quantitative estimate of drug-likeness (QED) is 0.714. The third-order valence-electron chi connectivity index (χ3n) is 3.06. The Kier molecular flexibility index (Phi) is 3.00. The molecule has 1 aliphatic rings. The summed E-state index contributed by atoms with van der Waals surface area (Å²) in [4.78, 5) is 9.09. The number of aromatic nitrogens is 2. The third kappa shape index (κ3) is 2.17. The lowest BCUT2D eigenvalue weighted by Gasteiger charge is -2.12. The van der Waals surface area contributed by atoms with Gasteiger partial charge in [0.1, 0.15) is 5.82 Å². The van der Waals surface area contributed by atoms with Crippen LogP contribution in [0.1, 0.15) is 55.0 Å². The van der Waals surface area contributed by atoms with Crippen LogP contribution in [0, 0.1) is 6.92 Å². The highest BCUT2D eigenvalue weighted by molar-refractivity contribution is 5.27. The van der Waals surface area contributed by atoms with Crippen molar-refractivity contribution in [1.29, 1.82) is 0 Å². The summed E-state index contributed by atoms with van der Waals surface area (Å²) in [5, 5.41) is 0. The molecule has 0 aliphatic heterocycles. The highest BCUT2D eigenvalue weighted by atomic mass is 14.9. The van der Waals surface area contributed by atoms with E-state index in [9.17, 15) is 0 Å². The summed E-state index contributed by atoms with van der Waals surface area (Å²) in [5.74, 6) is 0.799. The van der Waals surface area contributed by atoms with Gasteiger partial charge in [0.25, 0.3) is 0 Å². The van der Waals surface area contributed by atoms with E-state index in [0.717, 1.165) is 24.4 Å². The number of hydrogen-bond acceptors (Lipinski definition) is 3. The summed E-state index contributed by atoms with van der Waals surface area (Å²) in [6.07, 6.45) is 6.07. The highest BCUT2D eigenvalue weighted by Gasteiger charge is 2.15. The van der Waals surface area contributed by atoms with Crippen LogP contribution in [-0.4, -0.2) is 9.97 Å². The van der Waals surface area contributed by atoms with Crippen molar-refractivity contribution in [3.8, 4) is 0 Å². The predicted molar refractivity (Wildman–Crippen MR) is 60.6 cm³/mol. The van der Waals surface area contributed by atoms with Crippen molar-refractivity contribution in [3.05, 3.63) is 22.8 Å². The predicted octanol–water partition coefficient (Wildman–Crippen LogP) is 2.07. The van der Waals surface area contributed by atoms with Gasteiger partial charge in [0.05, 0.1) is 6.04 Å². The SMILES string of the molecule is Cc1nc(C(C)N)nc2c1CCCCC2. The van der Waals surface area contributed by atoms with E-state index < -0.39 is 0 Å². The monoisotopic (exact) mass is 205 g/mol. The maximum absolute atomic E-state index is 5.83. The first-order chi connectivity index (χ1) is 7.18. The molecule has 82 valence electrons. The minimum Gasteiger partial charge on any atom is -0.322 e. The van der Waals surface area contributed by atoms with E-state index in [0.29, 0.717) is 0 Å². The summed E-state index contributed by atoms with van der Waals surface area (Å²) < 4.78 is 0. The molecule has 0 fully saturated rings. The number of fused-ring (bicyclic) bond motifs is 1. The second-order valence-corrected chi connectivity index (χ2v) is 4.44. The van der Waals surface area contributed by atoms with Gasteiger partial charge in [-0.2, -0.15) is 0 Å². The van der Waals surface area contributed by atoms with Crippen molar-refractivity contribution in [2.75, 3.05) is 0 Å². The van der Waals surface area contributed by atoms with Crippen LogP contribution in [-0.2, 0) is 12.8 Å². The minimum atomic E-state index is -0.0581. The lowest BCUT2D eigenvalue weighted by Crippen LogP contribution is -2.14. The van der Waals surface area contributed by atoms with Crippen LogP contribution >= 0.6 is 0 Å². The average molecular weight is 205 g/mol. The number of nitrogens with two attached hydrogens (primary N) is 1. The van der Waals surface area contributed by atoms with E-state index in [1.807, 2.05) is 6.92 Å². The molecule has 0 aromatic carbocycles. The summed E-state index contributed by atoms with van der Waals surface area (Å²) >= 11 is 0. The molecule has 1 aromatic rings. The Hall–Kier alpha value is -0.960. The van der Waals surface area contributed by atoms with Crippen molar-refractivity contribution < 1.29 is 0 Å². The number of aryl methyl sites for hydroxylation is 2. The minimum absolute atomic E-state index is 0.0581. The maximum atomic E-state index is 5.83. The fourth-order valence-corrected chi connectivity index (χ4v) is 2.19. The Morgan fingerprint density at radius 3 is 2.60 bits per heavy atom. The molecule has 0 spiro atoms. The zero-order valence-corrected chi connectivity index (χ0v) is 9.58.